The highest BCUT2D eigenvalue weighted by molar-refractivity contribution is 7.89. The van der Waals surface area contributed by atoms with Crippen molar-refractivity contribution in [2.24, 2.45) is 10.9 Å². The van der Waals surface area contributed by atoms with Crippen LogP contribution in [-0.2, 0) is 14.8 Å². The van der Waals surface area contributed by atoms with Crippen molar-refractivity contribution < 1.29 is 17.9 Å². The molecule has 0 unspecified atom stereocenters. The van der Waals surface area contributed by atoms with Crippen molar-refractivity contribution in [2.45, 2.75) is 83.4 Å². The summed E-state index contributed by atoms with van der Waals surface area (Å²) >= 11 is 0. The molecule has 0 heterocycles. The minimum Gasteiger partial charge on any atom is -0.444 e. The molecule has 2 fully saturated rings. The van der Waals surface area contributed by atoms with Crippen molar-refractivity contribution in [3.63, 3.8) is 0 Å². The summed E-state index contributed by atoms with van der Waals surface area (Å²) in [4.78, 5) is 16.1. The van der Waals surface area contributed by atoms with E-state index in [1.165, 1.54) is 6.42 Å². The maximum atomic E-state index is 12.1. The van der Waals surface area contributed by atoms with Crippen LogP contribution in [0.15, 0.2) is 4.99 Å². The summed E-state index contributed by atoms with van der Waals surface area (Å²) in [6, 6.07) is 0.348. The van der Waals surface area contributed by atoms with Crippen LogP contribution >= 0.6 is 0 Å². The van der Waals surface area contributed by atoms with E-state index in [2.05, 4.69) is 25.7 Å². The van der Waals surface area contributed by atoms with Gasteiger partial charge in [0.05, 0.1) is 5.75 Å². The molecule has 0 aromatic carbocycles. The van der Waals surface area contributed by atoms with Crippen LogP contribution in [0.5, 0.6) is 0 Å². The first-order valence-electron chi connectivity index (χ1n) is 11.0. The summed E-state index contributed by atoms with van der Waals surface area (Å²) in [7, 11) is -1.59. The van der Waals surface area contributed by atoms with Gasteiger partial charge in [0.2, 0.25) is 10.0 Å². The fourth-order valence-electron chi connectivity index (χ4n) is 3.56. The second-order valence-corrected chi connectivity index (χ2v) is 11.2. The van der Waals surface area contributed by atoms with Gasteiger partial charge >= 0.3 is 6.09 Å². The van der Waals surface area contributed by atoms with Gasteiger partial charge in [-0.25, -0.2) is 17.9 Å². The summed E-state index contributed by atoms with van der Waals surface area (Å²) in [6.45, 7) is 6.40. The van der Waals surface area contributed by atoms with E-state index < -0.39 is 15.6 Å². The van der Waals surface area contributed by atoms with E-state index in [1.807, 2.05) is 20.8 Å². The Morgan fingerprint density at radius 2 is 1.63 bits per heavy atom. The highest BCUT2D eigenvalue weighted by Crippen LogP contribution is 2.25. The smallest absolute Gasteiger partial charge is 0.407 e. The molecule has 0 saturated heterocycles. The van der Waals surface area contributed by atoms with Gasteiger partial charge in [0.1, 0.15) is 5.60 Å². The zero-order chi connectivity index (χ0) is 22.2. The lowest BCUT2D eigenvalue weighted by atomic mass is 9.86. The summed E-state index contributed by atoms with van der Waals surface area (Å²) in [5.41, 5.74) is -0.499. The predicted octanol–water partition coefficient (Wildman–Crippen LogP) is 1.71. The first-order chi connectivity index (χ1) is 14.1. The van der Waals surface area contributed by atoms with Gasteiger partial charge in [-0.3, -0.25) is 4.99 Å². The Bertz CT molecular complexity index is 678. The molecule has 0 atom stereocenters. The van der Waals surface area contributed by atoms with Crippen LogP contribution in [0, 0.1) is 5.92 Å². The quantitative estimate of drug-likeness (QED) is 0.333. The molecule has 2 aliphatic carbocycles. The average molecular weight is 446 g/mol. The maximum absolute atomic E-state index is 12.1. The number of guanidine groups is 1. The van der Waals surface area contributed by atoms with Crippen molar-refractivity contribution in [3.8, 4) is 0 Å². The largest absolute Gasteiger partial charge is 0.444 e. The van der Waals surface area contributed by atoms with E-state index >= 15 is 0 Å². The van der Waals surface area contributed by atoms with Crippen LogP contribution in [0.4, 0.5) is 4.79 Å². The molecular formula is C20H39N5O4S. The molecule has 2 aliphatic rings. The number of alkyl carbamates (subject to hydrolysis) is 1. The van der Waals surface area contributed by atoms with Gasteiger partial charge in [-0.15, -0.1) is 0 Å². The molecule has 174 valence electrons. The Morgan fingerprint density at radius 3 is 2.13 bits per heavy atom. The molecule has 2 saturated carbocycles. The van der Waals surface area contributed by atoms with Gasteiger partial charge in [0.25, 0.3) is 0 Å². The molecule has 4 N–H and O–H groups in total. The topological polar surface area (TPSA) is 121 Å². The Kier molecular flexibility index (Phi) is 9.21. The fourth-order valence-corrected chi connectivity index (χ4v) is 4.57. The van der Waals surface area contributed by atoms with Crippen LogP contribution < -0.4 is 20.7 Å². The molecule has 30 heavy (non-hydrogen) atoms. The fraction of sp³-hybridized carbons (Fsp3) is 0.900. The number of carbonyl (C=O) groups is 1. The summed E-state index contributed by atoms with van der Waals surface area (Å²) in [6.07, 6.45) is 6.56. The number of amides is 1. The van der Waals surface area contributed by atoms with Crippen molar-refractivity contribution in [3.05, 3.63) is 0 Å². The molecule has 0 aliphatic heterocycles. The summed E-state index contributed by atoms with van der Waals surface area (Å²) in [5.74, 6) is 1.13. The Labute approximate surface area is 181 Å². The molecule has 0 aromatic rings. The van der Waals surface area contributed by atoms with E-state index in [4.69, 9.17) is 4.74 Å². The van der Waals surface area contributed by atoms with Crippen LogP contribution in [0.25, 0.3) is 0 Å². The molecule has 0 aromatic heterocycles. The van der Waals surface area contributed by atoms with Gasteiger partial charge in [-0.05, 0) is 65.2 Å². The molecule has 0 radical (unpaired) electrons. The lowest BCUT2D eigenvalue weighted by molar-refractivity contribution is 0.0490. The minimum atomic E-state index is -3.27. The average Bonchev–Trinajstić information content (AvgIpc) is 2.59. The second-order valence-electron chi connectivity index (χ2n) is 9.30. The van der Waals surface area contributed by atoms with Crippen molar-refractivity contribution >= 4 is 22.1 Å². The Morgan fingerprint density at radius 1 is 1.03 bits per heavy atom. The highest BCUT2D eigenvalue weighted by Gasteiger charge is 2.25. The summed E-state index contributed by atoms with van der Waals surface area (Å²) in [5, 5.41) is 9.37. The first kappa shape index (κ1) is 24.7. The van der Waals surface area contributed by atoms with Crippen molar-refractivity contribution in [1.29, 1.82) is 0 Å². The third-order valence-electron chi connectivity index (χ3n) is 5.49. The monoisotopic (exact) mass is 445 g/mol. The van der Waals surface area contributed by atoms with E-state index in [9.17, 15) is 13.2 Å². The van der Waals surface area contributed by atoms with E-state index in [1.54, 1.807) is 7.05 Å². The zero-order valence-corrected chi connectivity index (χ0v) is 19.6. The molecular weight excluding hydrogens is 406 g/mol. The Hall–Kier alpha value is -1.55. The number of aliphatic imine (C=N–C) groups is 1. The van der Waals surface area contributed by atoms with Gasteiger partial charge in [0, 0.05) is 32.2 Å². The standard InChI is InChI=1S/C20H39N5O4S/c1-20(2,3)29-19(26)25-17-10-8-16(9-11-17)24-18(21-4)22-12-13-30(27,28)23-14-15-6-5-7-15/h15-17,23H,5-14H2,1-4H3,(H,25,26)(H2,21,22,24). The van der Waals surface area contributed by atoms with Gasteiger partial charge in [-0.2, -0.15) is 0 Å². The van der Waals surface area contributed by atoms with Crippen LogP contribution in [-0.4, -0.2) is 64.0 Å². The van der Waals surface area contributed by atoms with Gasteiger partial charge in [-0.1, -0.05) is 6.42 Å². The summed E-state index contributed by atoms with van der Waals surface area (Å²) < 4.78 is 32.2. The number of hydrogen-bond acceptors (Lipinski definition) is 5. The number of sulfonamides is 1. The lowest BCUT2D eigenvalue weighted by Gasteiger charge is -2.31. The minimum absolute atomic E-state index is 0.0208. The number of nitrogens with zero attached hydrogens (tertiary/aromatic N) is 1. The number of carbonyl (C=O) groups excluding carboxylic acids is 1. The van der Waals surface area contributed by atoms with Crippen molar-refractivity contribution in [1.82, 2.24) is 20.7 Å². The Balaban J connectivity index is 1.63. The molecule has 10 heteroatoms. The number of ether oxygens (including phenoxy) is 1. The maximum Gasteiger partial charge on any atom is 0.407 e. The second kappa shape index (κ2) is 11.2. The van der Waals surface area contributed by atoms with Gasteiger partial charge in [0.15, 0.2) is 5.96 Å². The van der Waals surface area contributed by atoms with Crippen LogP contribution in [0.3, 0.4) is 0 Å². The molecule has 2 rings (SSSR count). The SMILES string of the molecule is CN=C(NCCS(=O)(=O)NCC1CCC1)NC1CCC(NC(=O)OC(C)(C)C)CC1. The third kappa shape index (κ3) is 9.51. The van der Waals surface area contributed by atoms with Gasteiger partial charge < -0.3 is 20.7 Å². The highest BCUT2D eigenvalue weighted by atomic mass is 32.2. The van der Waals surface area contributed by atoms with E-state index in [0.717, 1.165) is 38.5 Å². The number of nitrogens with one attached hydrogen (secondary N) is 4. The van der Waals surface area contributed by atoms with Crippen LogP contribution in [0.2, 0.25) is 0 Å². The van der Waals surface area contributed by atoms with E-state index in [-0.39, 0.29) is 23.9 Å². The first-order valence-corrected chi connectivity index (χ1v) is 12.7. The van der Waals surface area contributed by atoms with Crippen LogP contribution in [0.1, 0.15) is 65.7 Å². The van der Waals surface area contributed by atoms with Crippen molar-refractivity contribution in [2.75, 3.05) is 25.9 Å². The normalized spacial score (nSPS) is 23.4. The molecule has 0 spiro atoms. The molecule has 0 bridgehead atoms. The molecule has 1 amide bonds. The number of hydrogen-bond donors (Lipinski definition) is 4. The molecule has 9 nitrogen and oxygen atoms in total. The predicted molar refractivity (Wildman–Crippen MR) is 119 cm³/mol. The van der Waals surface area contributed by atoms with E-state index in [0.29, 0.717) is 25.0 Å². The number of rotatable bonds is 8. The lowest BCUT2D eigenvalue weighted by Crippen LogP contribution is -2.49. The third-order valence-corrected chi connectivity index (χ3v) is 6.84. The zero-order valence-electron chi connectivity index (χ0n) is 18.8.